The summed E-state index contributed by atoms with van der Waals surface area (Å²) in [4.78, 5) is 10.6. The van der Waals surface area contributed by atoms with Crippen LogP contribution in [0.4, 0.5) is 5.69 Å². The Morgan fingerprint density at radius 1 is 0.650 bits per heavy atom. The maximum Gasteiger partial charge on any atom is 0.269 e. The third-order valence-corrected chi connectivity index (χ3v) is 6.53. The second-order valence-electron chi connectivity index (χ2n) is 9.43. The van der Waals surface area contributed by atoms with Crippen LogP contribution in [0.5, 0.6) is 5.75 Å². The Labute approximate surface area is 233 Å². The highest BCUT2D eigenvalue weighted by atomic mass is 16.7. The Morgan fingerprint density at radius 2 is 1.15 bits per heavy atom. The van der Waals surface area contributed by atoms with Gasteiger partial charge in [0.15, 0.2) is 0 Å². The number of rotatable bonds is 13. The zero-order chi connectivity index (χ0) is 27.6. The first kappa shape index (κ1) is 27.5. The van der Waals surface area contributed by atoms with Crippen molar-refractivity contribution in [2.45, 2.75) is 44.4 Å². The van der Waals surface area contributed by atoms with E-state index in [-0.39, 0.29) is 12.3 Å². The van der Waals surface area contributed by atoms with Crippen molar-refractivity contribution in [3.63, 3.8) is 0 Å². The molecule has 0 saturated carbocycles. The monoisotopic (exact) mass is 541 g/mol. The number of nitro benzene ring substituents is 1. The Morgan fingerprint density at radius 3 is 1.68 bits per heavy atom. The summed E-state index contributed by atoms with van der Waals surface area (Å²) in [6.45, 7) is 1.38. The second-order valence-corrected chi connectivity index (χ2v) is 9.43. The Hall–Kier alpha value is -4.08. The van der Waals surface area contributed by atoms with Gasteiger partial charge in [-0.25, -0.2) is 0 Å². The largest absolute Gasteiger partial charge is 0.462 e. The van der Waals surface area contributed by atoms with Gasteiger partial charge in [0.05, 0.1) is 31.4 Å². The molecule has 0 amide bonds. The van der Waals surface area contributed by atoms with E-state index in [4.69, 9.17) is 23.7 Å². The predicted molar refractivity (Wildman–Crippen MR) is 149 cm³/mol. The zero-order valence-corrected chi connectivity index (χ0v) is 21.9. The number of non-ortho nitro benzene ring substituents is 1. The summed E-state index contributed by atoms with van der Waals surface area (Å²) in [7, 11) is 0. The predicted octanol–water partition coefficient (Wildman–Crippen LogP) is 6.09. The molecule has 4 aromatic rings. The molecule has 1 heterocycles. The Balaban J connectivity index is 1.35. The molecular weight excluding hydrogens is 510 g/mol. The molecule has 40 heavy (non-hydrogen) atoms. The van der Waals surface area contributed by atoms with Crippen molar-refractivity contribution in [2.24, 2.45) is 0 Å². The SMILES string of the molecule is O=[N+]([O-])c1ccc(OC2OC(COCc3ccccc3)C(OCc3ccccc3)C2OCc2ccccc2)cc1. The minimum absolute atomic E-state index is 0.0205. The molecule has 206 valence electrons. The van der Waals surface area contributed by atoms with Gasteiger partial charge < -0.3 is 23.7 Å². The fourth-order valence-corrected chi connectivity index (χ4v) is 4.48. The van der Waals surface area contributed by atoms with Crippen molar-refractivity contribution in [2.75, 3.05) is 6.61 Å². The van der Waals surface area contributed by atoms with E-state index in [1.165, 1.54) is 12.1 Å². The molecule has 0 aromatic heterocycles. The average molecular weight is 542 g/mol. The van der Waals surface area contributed by atoms with E-state index >= 15 is 0 Å². The molecule has 8 heteroatoms. The number of benzene rings is 4. The standard InChI is InChI=1S/C32H31NO7/c34-33(35)27-16-18-28(19-17-27)39-32-31(38-22-26-14-8-3-9-15-26)30(37-21-25-12-6-2-7-13-25)29(40-32)23-36-20-24-10-4-1-5-11-24/h1-19,29-32H,20-23H2. The summed E-state index contributed by atoms with van der Waals surface area (Å²) in [6, 6.07) is 35.5. The number of nitrogens with zero attached hydrogens (tertiary/aromatic N) is 1. The first-order valence-corrected chi connectivity index (χ1v) is 13.1. The molecule has 0 aliphatic carbocycles. The fourth-order valence-electron chi connectivity index (χ4n) is 4.48. The molecule has 0 N–H and O–H groups in total. The summed E-state index contributed by atoms with van der Waals surface area (Å²) in [5.74, 6) is 0.427. The highest BCUT2D eigenvalue weighted by molar-refractivity contribution is 5.36. The van der Waals surface area contributed by atoms with Gasteiger partial charge in [0.25, 0.3) is 5.69 Å². The van der Waals surface area contributed by atoms with Crippen LogP contribution in [-0.4, -0.2) is 36.1 Å². The number of ether oxygens (including phenoxy) is 5. The molecule has 4 atom stereocenters. The minimum atomic E-state index is -0.823. The van der Waals surface area contributed by atoms with Crippen LogP contribution >= 0.6 is 0 Å². The van der Waals surface area contributed by atoms with Gasteiger partial charge in [0.1, 0.15) is 24.1 Å². The third kappa shape index (κ3) is 7.52. The Kier molecular flexibility index (Phi) is 9.50. The summed E-state index contributed by atoms with van der Waals surface area (Å²) >= 11 is 0. The quantitative estimate of drug-likeness (QED) is 0.150. The summed E-state index contributed by atoms with van der Waals surface area (Å²) < 4.78 is 31.4. The highest BCUT2D eigenvalue weighted by Crippen LogP contribution is 2.31. The van der Waals surface area contributed by atoms with E-state index in [1.807, 2.05) is 91.0 Å². The summed E-state index contributed by atoms with van der Waals surface area (Å²) in [5, 5.41) is 11.1. The van der Waals surface area contributed by atoms with E-state index in [9.17, 15) is 10.1 Å². The number of hydrogen-bond acceptors (Lipinski definition) is 7. The van der Waals surface area contributed by atoms with Gasteiger partial charge in [-0.1, -0.05) is 91.0 Å². The summed E-state index contributed by atoms with van der Waals surface area (Å²) in [6.07, 6.45) is -2.39. The van der Waals surface area contributed by atoms with Crippen molar-refractivity contribution in [1.82, 2.24) is 0 Å². The molecule has 0 bridgehead atoms. The van der Waals surface area contributed by atoms with Crippen molar-refractivity contribution >= 4 is 5.69 Å². The topological polar surface area (TPSA) is 89.3 Å². The maximum atomic E-state index is 11.1. The lowest BCUT2D eigenvalue weighted by Crippen LogP contribution is -2.40. The molecule has 1 aliphatic rings. The van der Waals surface area contributed by atoms with Crippen LogP contribution in [0.3, 0.4) is 0 Å². The molecule has 1 saturated heterocycles. The van der Waals surface area contributed by atoms with Crippen LogP contribution < -0.4 is 4.74 Å². The van der Waals surface area contributed by atoms with Crippen molar-refractivity contribution in [3.05, 3.63) is 142 Å². The number of hydrogen-bond donors (Lipinski definition) is 0. The highest BCUT2D eigenvalue weighted by Gasteiger charge is 2.48. The molecule has 8 nitrogen and oxygen atoms in total. The molecule has 5 rings (SSSR count). The first-order chi connectivity index (χ1) is 19.7. The van der Waals surface area contributed by atoms with Gasteiger partial charge in [0, 0.05) is 12.1 Å². The fraction of sp³-hybridized carbons (Fsp3) is 0.250. The van der Waals surface area contributed by atoms with E-state index in [0.717, 1.165) is 16.7 Å². The molecular formula is C32H31NO7. The van der Waals surface area contributed by atoms with E-state index in [0.29, 0.717) is 25.6 Å². The molecule has 0 radical (unpaired) electrons. The molecule has 0 spiro atoms. The van der Waals surface area contributed by atoms with Gasteiger partial charge >= 0.3 is 0 Å². The lowest BCUT2D eigenvalue weighted by Gasteiger charge is -2.25. The van der Waals surface area contributed by atoms with E-state index < -0.39 is 29.5 Å². The molecule has 4 unspecified atom stereocenters. The van der Waals surface area contributed by atoms with Crippen molar-refractivity contribution in [3.8, 4) is 5.75 Å². The van der Waals surface area contributed by atoms with Gasteiger partial charge in [0.2, 0.25) is 6.29 Å². The van der Waals surface area contributed by atoms with Gasteiger partial charge in [-0.2, -0.15) is 0 Å². The van der Waals surface area contributed by atoms with Gasteiger partial charge in [-0.05, 0) is 28.8 Å². The average Bonchev–Trinajstić information content (AvgIpc) is 3.32. The van der Waals surface area contributed by atoms with Crippen LogP contribution in [0.15, 0.2) is 115 Å². The first-order valence-electron chi connectivity index (χ1n) is 13.1. The van der Waals surface area contributed by atoms with E-state index in [1.54, 1.807) is 12.1 Å². The van der Waals surface area contributed by atoms with E-state index in [2.05, 4.69) is 0 Å². The molecule has 1 fully saturated rings. The van der Waals surface area contributed by atoms with Crippen molar-refractivity contribution < 1.29 is 28.6 Å². The van der Waals surface area contributed by atoms with Crippen LogP contribution in [0.1, 0.15) is 16.7 Å². The van der Waals surface area contributed by atoms with Crippen LogP contribution in [0.25, 0.3) is 0 Å². The minimum Gasteiger partial charge on any atom is -0.462 e. The zero-order valence-electron chi connectivity index (χ0n) is 21.9. The van der Waals surface area contributed by atoms with Crippen LogP contribution in [-0.2, 0) is 38.8 Å². The lowest BCUT2D eigenvalue weighted by atomic mass is 10.1. The van der Waals surface area contributed by atoms with Crippen molar-refractivity contribution in [1.29, 1.82) is 0 Å². The van der Waals surface area contributed by atoms with Gasteiger partial charge in [-0.15, -0.1) is 0 Å². The maximum absolute atomic E-state index is 11.1. The van der Waals surface area contributed by atoms with Crippen LogP contribution in [0, 0.1) is 10.1 Å². The molecule has 4 aromatic carbocycles. The number of nitro groups is 1. The van der Waals surface area contributed by atoms with Crippen LogP contribution in [0.2, 0.25) is 0 Å². The van der Waals surface area contributed by atoms with Gasteiger partial charge in [-0.3, -0.25) is 10.1 Å². The second kappa shape index (κ2) is 13.8. The normalized spacial score (nSPS) is 20.3. The summed E-state index contributed by atoms with van der Waals surface area (Å²) in [5.41, 5.74) is 3.06. The smallest absolute Gasteiger partial charge is 0.269 e. The Bertz CT molecular complexity index is 1320. The lowest BCUT2D eigenvalue weighted by molar-refractivity contribution is -0.384. The molecule has 1 aliphatic heterocycles. The third-order valence-electron chi connectivity index (χ3n) is 6.53.